The van der Waals surface area contributed by atoms with Crippen molar-refractivity contribution in [3.8, 4) is 0 Å². The second-order valence-corrected chi connectivity index (χ2v) is 5.42. The van der Waals surface area contributed by atoms with Crippen molar-refractivity contribution in [1.29, 1.82) is 0 Å². The molecule has 0 fully saturated rings. The fourth-order valence-electron chi connectivity index (χ4n) is 1.77. The molecule has 4 heteroatoms. The monoisotopic (exact) mass is 272 g/mol. The number of aryl methyl sites for hydroxylation is 2. The van der Waals surface area contributed by atoms with Gasteiger partial charge < -0.3 is 10.9 Å². The summed E-state index contributed by atoms with van der Waals surface area (Å²) in [5.41, 5.74) is 8.68. The molecule has 0 bridgehead atoms. The normalized spacial score (nSPS) is 11.6. The van der Waals surface area contributed by atoms with Crippen molar-refractivity contribution in [2.45, 2.75) is 23.6 Å². The molecule has 2 aromatic rings. The van der Waals surface area contributed by atoms with E-state index in [-0.39, 0.29) is 5.84 Å². The molecule has 0 aromatic heterocycles. The number of amidine groups is 1. The van der Waals surface area contributed by atoms with Gasteiger partial charge in [-0.1, -0.05) is 41.2 Å². The molecule has 0 aliphatic carbocycles. The first-order valence-corrected chi connectivity index (χ1v) is 6.75. The van der Waals surface area contributed by atoms with Gasteiger partial charge in [-0.2, -0.15) is 0 Å². The van der Waals surface area contributed by atoms with Crippen LogP contribution < -0.4 is 5.73 Å². The van der Waals surface area contributed by atoms with Gasteiger partial charge in [0.15, 0.2) is 5.84 Å². The highest BCUT2D eigenvalue weighted by molar-refractivity contribution is 7.99. The van der Waals surface area contributed by atoms with E-state index in [1.54, 1.807) is 11.8 Å². The van der Waals surface area contributed by atoms with Crippen molar-refractivity contribution >= 4 is 17.6 Å². The van der Waals surface area contributed by atoms with Gasteiger partial charge >= 0.3 is 0 Å². The maximum Gasteiger partial charge on any atom is 0.170 e. The lowest BCUT2D eigenvalue weighted by atomic mass is 10.1. The van der Waals surface area contributed by atoms with E-state index in [1.165, 1.54) is 15.4 Å². The molecule has 19 heavy (non-hydrogen) atoms. The molecule has 3 nitrogen and oxygen atoms in total. The van der Waals surface area contributed by atoms with Crippen LogP contribution in [-0.4, -0.2) is 11.0 Å². The Morgan fingerprint density at radius 1 is 1.05 bits per heavy atom. The summed E-state index contributed by atoms with van der Waals surface area (Å²) >= 11 is 1.73. The minimum Gasteiger partial charge on any atom is -0.409 e. The molecule has 0 saturated heterocycles. The van der Waals surface area contributed by atoms with E-state index in [0.29, 0.717) is 0 Å². The van der Waals surface area contributed by atoms with Crippen LogP contribution in [0, 0.1) is 13.8 Å². The van der Waals surface area contributed by atoms with Crippen LogP contribution in [0.2, 0.25) is 0 Å². The molecule has 0 saturated carbocycles. The minimum absolute atomic E-state index is 0.135. The standard InChI is InChI=1S/C15H16N2OS/c1-10-5-3-4-6-13(10)19-14-8-7-12(9-11(14)2)15(16)17-18/h3-9,18H,1-2H3,(H2,16,17). The number of benzene rings is 2. The smallest absolute Gasteiger partial charge is 0.170 e. The van der Waals surface area contributed by atoms with Gasteiger partial charge in [-0.25, -0.2) is 0 Å². The molecule has 0 radical (unpaired) electrons. The highest BCUT2D eigenvalue weighted by Gasteiger charge is 2.06. The lowest BCUT2D eigenvalue weighted by Gasteiger charge is -2.09. The van der Waals surface area contributed by atoms with Gasteiger partial charge in [0.25, 0.3) is 0 Å². The zero-order valence-electron chi connectivity index (χ0n) is 10.9. The van der Waals surface area contributed by atoms with Gasteiger partial charge in [0.05, 0.1) is 0 Å². The summed E-state index contributed by atoms with van der Waals surface area (Å²) in [5, 5.41) is 11.7. The lowest BCUT2D eigenvalue weighted by Crippen LogP contribution is -2.13. The summed E-state index contributed by atoms with van der Waals surface area (Å²) in [5.74, 6) is 0.135. The molecule has 0 aliphatic heterocycles. The van der Waals surface area contributed by atoms with Gasteiger partial charge in [0.2, 0.25) is 0 Å². The SMILES string of the molecule is Cc1ccccc1Sc1ccc(/C(N)=N/O)cc1C. The average molecular weight is 272 g/mol. The van der Waals surface area contributed by atoms with Crippen LogP contribution in [0.1, 0.15) is 16.7 Å². The maximum atomic E-state index is 8.68. The fraction of sp³-hybridized carbons (Fsp3) is 0.133. The second kappa shape index (κ2) is 5.80. The predicted molar refractivity (Wildman–Crippen MR) is 79.0 cm³/mol. The fourth-order valence-corrected chi connectivity index (χ4v) is 2.74. The molecule has 0 atom stereocenters. The van der Waals surface area contributed by atoms with E-state index in [1.807, 2.05) is 37.3 Å². The summed E-state index contributed by atoms with van der Waals surface area (Å²) in [4.78, 5) is 2.41. The molecule has 2 rings (SSSR count). The van der Waals surface area contributed by atoms with Crippen molar-refractivity contribution in [3.63, 3.8) is 0 Å². The number of nitrogens with two attached hydrogens (primary N) is 1. The number of hydrogen-bond acceptors (Lipinski definition) is 3. The topological polar surface area (TPSA) is 58.6 Å². The molecule has 0 unspecified atom stereocenters. The van der Waals surface area contributed by atoms with E-state index in [9.17, 15) is 0 Å². The average Bonchev–Trinajstić information content (AvgIpc) is 2.42. The van der Waals surface area contributed by atoms with Crippen molar-refractivity contribution < 1.29 is 5.21 Å². The Kier molecular flexibility index (Phi) is 4.12. The van der Waals surface area contributed by atoms with E-state index < -0.39 is 0 Å². The Balaban J connectivity index is 2.30. The number of hydrogen-bond donors (Lipinski definition) is 2. The van der Waals surface area contributed by atoms with E-state index in [2.05, 4.69) is 24.2 Å². The molecule has 0 amide bonds. The molecule has 98 valence electrons. The van der Waals surface area contributed by atoms with Gasteiger partial charge in [-0.05, 0) is 43.2 Å². The third-order valence-electron chi connectivity index (χ3n) is 2.89. The van der Waals surface area contributed by atoms with Crippen molar-refractivity contribution in [2.24, 2.45) is 10.9 Å². The van der Waals surface area contributed by atoms with E-state index >= 15 is 0 Å². The van der Waals surface area contributed by atoms with E-state index in [4.69, 9.17) is 10.9 Å². The van der Waals surface area contributed by atoms with Gasteiger partial charge in [0, 0.05) is 15.4 Å². The highest BCUT2D eigenvalue weighted by atomic mass is 32.2. The first kappa shape index (κ1) is 13.5. The van der Waals surface area contributed by atoms with Crippen LogP contribution in [0.5, 0.6) is 0 Å². The number of rotatable bonds is 3. The van der Waals surface area contributed by atoms with Crippen LogP contribution in [0.3, 0.4) is 0 Å². The first-order valence-electron chi connectivity index (χ1n) is 5.94. The predicted octanol–water partition coefficient (Wildman–Crippen LogP) is 3.55. The maximum absolute atomic E-state index is 8.68. The molecular formula is C15H16N2OS. The quantitative estimate of drug-likeness (QED) is 0.389. The molecular weight excluding hydrogens is 256 g/mol. The number of nitrogens with zero attached hydrogens (tertiary/aromatic N) is 1. The Hall–Kier alpha value is -1.94. The summed E-state index contributed by atoms with van der Waals surface area (Å²) < 4.78 is 0. The van der Waals surface area contributed by atoms with Crippen molar-refractivity contribution in [3.05, 3.63) is 59.2 Å². The van der Waals surface area contributed by atoms with Crippen LogP contribution in [-0.2, 0) is 0 Å². The Morgan fingerprint density at radius 3 is 2.37 bits per heavy atom. The van der Waals surface area contributed by atoms with E-state index in [0.717, 1.165) is 11.1 Å². The zero-order chi connectivity index (χ0) is 13.8. The Bertz CT molecular complexity index is 623. The van der Waals surface area contributed by atoms with Gasteiger partial charge in [-0.3, -0.25) is 0 Å². The third-order valence-corrected chi connectivity index (χ3v) is 4.25. The summed E-state index contributed by atoms with van der Waals surface area (Å²) in [6.07, 6.45) is 0. The van der Waals surface area contributed by atoms with Crippen molar-refractivity contribution in [1.82, 2.24) is 0 Å². The molecule has 0 spiro atoms. The van der Waals surface area contributed by atoms with Gasteiger partial charge in [-0.15, -0.1) is 0 Å². The highest BCUT2D eigenvalue weighted by Crippen LogP contribution is 2.32. The molecule has 0 aliphatic rings. The van der Waals surface area contributed by atoms with Crippen LogP contribution in [0.25, 0.3) is 0 Å². The van der Waals surface area contributed by atoms with Gasteiger partial charge in [0.1, 0.15) is 0 Å². The number of oxime groups is 1. The molecule has 2 aromatic carbocycles. The van der Waals surface area contributed by atoms with Crippen LogP contribution in [0.4, 0.5) is 0 Å². The Morgan fingerprint density at radius 2 is 1.74 bits per heavy atom. The third kappa shape index (κ3) is 3.09. The summed E-state index contributed by atoms with van der Waals surface area (Å²) in [7, 11) is 0. The second-order valence-electron chi connectivity index (χ2n) is 4.33. The first-order chi connectivity index (χ1) is 9.11. The largest absolute Gasteiger partial charge is 0.409 e. The molecule has 3 N–H and O–H groups in total. The summed E-state index contributed by atoms with van der Waals surface area (Å²) in [6, 6.07) is 14.1. The minimum atomic E-state index is 0.135. The molecule has 0 heterocycles. The van der Waals surface area contributed by atoms with Crippen molar-refractivity contribution in [2.75, 3.05) is 0 Å². The van der Waals surface area contributed by atoms with Crippen LogP contribution in [0.15, 0.2) is 57.4 Å². The summed E-state index contributed by atoms with van der Waals surface area (Å²) in [6.45, 7) is 4.12. The zero-order valence-corrected chi connectivity index (χ0v) is 11.7. The lowest BCUT2D eigenvalue weighted by molar-refractivity contribution is 0.318. The Labute approximate surface area is 117 Å². The van der Waals surface area contributed by atoms with Crippen LogP contribution >= 0.6 is 11.8 Å².